The van der Waals surface area contributed by atoms with Crippen molar-refractivity contribution in [2.75, 3.05) is 6.54 Å². The quantitative estimate of drug-likeness (QED) is 0.870. The van der Waals surface area contributed by atoms with Crippen LogP contribution in [0.15, 0.2) is 29.2 Å². The van der Waals surface area contributed by atoms with Crippen molar-refractivity contribution in [3.05, 3.63) is 29.8 Å². The summed E-state index contributed by atoms with van der Waals surface area (Å²) in [5.74, 6) is -1.22. The van der Waals surface area contributed by atoms with Gasteiger partial charge in [-0.3, -0.25) is 4.79 Å². The van der Waals surface area contributed by atoms with E-state index in [0.29, 0.717) is 5.56 Å². The van der Waals surface area contributed by atoms with E-state index < -0.39 is 28.6 Å². The van der Waals surface area contributed by atoms with Crippen LogP contribution in [-0.2, 0) is 14.8 Å². The Morgan fingerprint density at radius 2 is 1.89 bits per heavy atom. The zero-order valence-electron chi connectivity index (χ0n) is 10.6. The van der Waals surface area contributed by atoms with Crippen LogP contribution in [0.25, 0.3) is 0 Å². The van der Waals surface area contributed by atoms with Crippen LogP contribution < -0.4 is 0 Å². The van der Waals surface area contributed by atoms with Crippen molar-refractivity contribution in [1.82, 2.24) is 4.31 Å². The van der Waals surface area contributed by atoms with E-state index in [1.807, 2.05) is 6.07 Å². The molecule has 1 aromatic rings. The third kappa shape index (κ3) is 3.53. The summed E-state index contributed by atoms with van der Waals surface area (Å²) < 4.78 is 25.5. The molecule has 0 amide bonds. The van der Waals surface area contributed by atoms with Crippen LogP contribution in [-0.4, -0.2) is 36.4 Å². The summed E-state index contributed by atoms with van der Waals surface area (Å²) in [6.45, 7) is 2.61. The van der Waals surface area contributed by atoms with E-state index in [0.717, 1.165) is 4.31 Å². The van der Waals surface area contributed by atoms with Gasteiger partial charge in [0.2, 0.25) is 10.0 Å². The predicted octanol–water partition coefficient (Wildman–Crippen LogP) is 1.04. The van der Waals surface area contributed by atoms with Crippen LogP contribution in [0.2, 0.25) is 0 Å². The average Bonchev–Trinajstić information content (AvgIpc) is 2.35. The molecular weight excluding hydrogens is 268 g/mol. The molecule has 0 saturated carbocycles. The molecule has 6 nitrogen and oxygen atoms in total. The first-order valence-corrected chi connectivity index (χ1v) is 6.97. The van der Waals surface area contributed by atoms with Gasteiger partial charge in [0.15, 0.2) is 0 Å². The molecule has 0 radical (unpaired) electrons. The van der Waals surface area contributed by atoms with Crippen molar-refractivity contribution in [3.8, 4) is 6.07 Å². The fourth-order valence-corrected chi connectivity index (χ4v) is 3.10. The first kappa shape index (κ1) is 15.1. The van der Waals surface area contributed by atoms with Crippen LogP contribution in [0.1, 0.15) is 19.4 Å². The number of carbonyl (C=O) groups is 1. The minimum absolute atomic E-state index is 0.0264. The molecule has 0 aliphatic rings. The molecule has 0 saturated heterocycles. The van der Waals surface area contributed by atoms with Crippen molar-refractivity contribution in [2.24, 2.45) is 0 Å². The van der Waals surface area contributed by atoms with Crippen LogP contribution in [0.5, 0.6) is 0 Å². The summed E-state index contributed by atoms with van der Waals surface area (Å²) in [6, 6.07) is 6.77. The summed E-state index contributed by atoms with van der Waals surface area (Å²) in [5.41, 5.74) is 0.341. The summed E-state index contributed by atoms with van der Waals surface area (Å²) in [6.07, 6.45) is 0. The molecule has 0 aliphatic heterocycles. The largest absolute Gasteiger partial charge is 0.480 e. The highest BCUT2D eigenvalue weighted by atomic mass is 32.2. The van der Waals surface area contributed by atoms with Gasteiger partial charge in [0.25, 0.3) is 0 Å². The fraction of sp³-hybridized carbons (Fsp3) is 0.333. The Morgan fingerprint density at radius 1 is 1.37 bits per heavy atom. The van der Waals surface area contributed by atoms with E-state index in [2.05, 4.69) is 0 Å². The molecule has 0 aliphatic carbocycles. The molecule has 1 aromatic carbocycles. The van der Waals surface area contributed by atoms with Gasteiger partial charge in [0.05, 0.1) is 16.5 Å². The van der Waals surface area contributed by atoms with Gasteiger partial charge in [-0.15, -0.1) is 0 Å². The first-order chi connectivity index (χ1) is 8.78. The highest BCUT2D eigenvalue weighted by Crippen LogP contribution is 2.18. The SMILES string of the molecule is CC(C)N(CC(=O)O)S(=O)(=O)c1ccc(C#N)cc1. The third-order valence-electron chi connectivity index (χ3n) is 2.46. The summed E-state index contributed by atoms with van der Waals surface area (Å²) in [4.78, 5) is 10.7. The Kier molecular flexibility index (Phi) is 4.64. The fourth-order valence-electron chi connectivity index (χ4n) is 1.52. The van der Waals surface area contributed by atoms with Crippen LogP contribution in [0.3, 0.4) is 0 Å². The van der Waals surface area contributed by atoms with Crippen molar-refractivity contribution in [2.45, 2.75) is 24.8 Å². The monoisotopic (exact) mass is 282 g/mol. The second-order valence-electron chi connectivity index (χ2n) is 4.17. The second kappa shape index (κ2) is 5.82. The Labute approximate surface area is 111 Å². The maximum Gasteiger partial charge on any atom is 0.318 e. The van der Waals surface area contributed by atoms with Gasteiger partial charge in [-0.25, -0.2) is 8.42 Å². The number of hydrogen-bond donors (Lipinski definition) is 1. The predicted molar refractivity (Wildman–Crippen MR) is 67.8 cm³/mol. The van der Waals surface area contributed by atoms with E-state index in [1.165, 1.54) is 24.3 Å². The van der Waals surface area contributed by atoms with Gasteiger partial charge < -0.3 is 5.11 Å². The number of benzene rings is 1. The van der Waals surface area contributed by atoms with E-state index in [-0.39, 0.29) is 4.90 Å². The number of hydrogen-bond acceptors (Lipinski definition) is 4. The number of nitrogens with zero attached hydrogens (tertiary/aromatic N) is 2. The number of sulfonamides is 1. The molecule has 0 aromatic heterocycles. The minimum atomic E-state index is -3.88. The summed E-state index contributed by atoms with van der Waals surface area (Å²) in [7, 11) is -3.88. The molecule has 0 atom stereocenters. The molecular formula is C12H14N2O4S. The molecule has 102 valence electrons. The molecule has 1 rings (SSSR count). The second-order valence-corrected chi connectivity index (χ2v) is 6.06. The van der Waals surface area contributed by atoms with Crippen molar-refractivity contribution in [1.29, 1.82) is 5.26 Å². The van der Waals surface area contributed by atoms with E-state index in [1.54, 1.807) is 13.8 Å². The standard InChI is InChI=1S/C12H14N2O4S/c1-9(2)14(8-12(15)16)19(17,18)11-5-3-10(7-13)4-6-11/h3-6,9H,8H2,1-2H3,(H,15,16). The van der Waals surface area contributed by atoms with Crippen LogP contribution in [0, 0.1) is 11.3 Å². The van der Waals surface area contributed by atoms with Crippen molar-refractivity contribution in [3.63, 3.8) is 0 Å². The number of aliphatic carboxylic acids is 1. The highest BCUT2D eigenvalue weighted by molar-refractivity contribution is 7.89. The summed E-state index contributed by atoms with van der Waals surface area (Å²) in [5, 5.41) is 17.4. The van der Waals surface area contributed by atoms with Gasteiger partial charge in [-0.2, -0.15) is 9.57 Å². The normalized spacial score (nSPS) is 11.5. The zero-order valence-corrected chi connectivity index (χ0v) is 11.4. The lowest BCUT2D eigenvalue weighted by molar-refractivity contribution is -0.137. The lowest BCUT2D eigenvalue weighted by Crippen LogP contribution is -2.40. The van der Waals surface area contributed by atoms with E-state index >= 15 is 0 Å². The van der Waals surface area contributed by atoms with Crippen molar-refractivity contribution < 1.29 is 18.3 Å². The molecule has 0 spiro atoms. The lowest BCUT2D eigenvalue weighted by Gasteiger charge is -2.24. The molecule has 19 heavy (non-hydrogen) atoms. The van der Waals surface area contributed by atoms with Crippen molar-refractivity contribution >= 4 is 16.0 Å². The number of nitriles is 1. The first-order valence-electron chi connectivity index (χ1n) is 5.53. The minimum Gasteiger partial charge on any atom is -0.480 e. The van der Waals surface area contributed by atoms with Gasteiger partial charge in [0.1, 0.15) is 6.54 Å². The number of carboxylic acids is 1. The molecule has 0 fully saturated rings. The molecule has 1 N–H and O–H groups in total. The molecule has 7 heteroatoms. The molecule has 0 unspecified atom stereocenters. The Bertz CT molecular complexity index is 600. The topological polar surface area (TPSA) is 98.5 Å². The molecule has 0 heterocycles. The number of carboxylic acid groups (broad SMARTS) is 1. The average molecular weight is 282 g/mol. The van der Waals surface area contributed by atoms with Gasteiger partial charge >= 0.3 is 5.97 Å². The van der Waals surface area contributed by atoms with E-state index in [4.69, 9.17) is 10.4 Å². The smallest absolute Gasteiger partial charge is 0.318 e. The van der Waals surface area contributed by atoms with Crippen LogP contribution >= 0.6 is 0 Å². The number of rotatable bonds is 5. The Hall–Kier alpha value is -1.91. The van der Waals surface area contributed by atoms with Gasteiger partial charge in [0, 0.05) is 6.04 Å². The van der Waals surface area contributed by atoms with Gasteiger partial charge in [-0.05, 0) is 38.1 Å². The Balaban J connectivity index is 3.19. The lowest BCUT2D eigenvalue weighted by atomic mass is 10.2. The third-order valence-corrected chi connectivity index (χ3v) is 4.49. The maximum atomic E-state index is 12.3. The maximum absolute atomic E-state index is 12.3. The zero-order chi connectivity index (χ0) is 14.6. The van der Waals surface area contributed by atoms with Gasteiger partial charge in [-0.1, -0.05) is 0 Å². The van der Waals surface area contributed by atoms with E-state index in [9.17, 15) is 13.2 Å². The van der Waals surface area contributed by atoms with Crippen LogP contribution in [0.4, 0.5) is 0 Å². The Morgan fingerprint density at radius 3 is 2.26 bits per heavy atom. The molecule has 0 bridgehead atoms. The highest BCUT2D eigenvalue weighted by Gasteiger charge is 2.28. The summed E-state index contributed by atoms with van der Waals surface area (Å²) >= 11 is 0.